The van der Waals surface area contributed by atoms with Crippen molar-refractivity contribution in [1.29, 1.82) is 0 Å². The van der Waals surface area contributed by atoms with E-state index in [2.05, 4.69) is 45.0 Å². The van der Waals surface area contributed by atoms with E-state index in [-0.39, 0.29) is 5.41 Å². The molecule has 1 nitrogen and oxygen atoms in total. The highest BCUT2D eigenvalue weighted by Gasteiger charge is 2.40. The molecule has 2 aliphatic rings. The van der Waals surface area contributed by atoms with E-state index >= 15 is 0 Å². The normalized spacial score (nSPS) is 31.0. The van der Waals surface area contributed by atoms with E-state index in [0.29, 0.717) is 12.0 Å². The number of hydrogen-bond acceptors (Lipinski definition) is 1. The third-order valence-corrected chi connectivity index (χ3v) is 6.29. The van der Waals surface area contributed by atoms with Gasteiger partial charge in [0, 0.05) is 6.04 Å². The van der Waals surface area contributed by atoms with E-state index < -0.39 is 0 Å². The van der Waals surface area contributed by atoms with Crippen LogP contribution in [0.5, 0.6) is 0 Å². The molecule has 0 heterocycles. The van der Waals surface area contributed by atoms with Gasteiger partial charge >= 0.3 is 0 Å². The Morgan fingerprint density at radius 1 is 1.05 bits per heavy atom. The molecule has 0 aromatic heterocycles. The van der Waals surface area contributed by atoms with Crippen molar-refractivity contribution in [1.82, 2.24) is 0 Å². The fraction of sp³-hybridized carbons (Fsp3) is 0.700. The molecule has 1 aromatic rings. The minimum Gasteiger partial charge on any atom is -0.327 e. The summed E-state index contributed by atoms with van der Waals surface area (Å²) in [7, 11) is 0. The van der Waals surface area contributed by atoms with E-state index in [1.54, 1.807) is 11.1 Å². The highest BCUT2D eigenvalue weighted by atomic mass is 14.7. The molecule has 2 fully saturated rings. The Hall–Kier alpha value is -0.820. The van der Waals surface area contributed by atoms with Crippen LogP contribution < -0.4 is 5.73 Å². The van der Waals surface area contributed by atoms with Gasteiger partial charge in [0.25, 0.3) is 0 Å². The lowest BCUT2D eigenvalue weighted by atomic mass is 9.61. The molecule has 2 aliphatic carbocycles. The Morgan fingerprint density at radius 2 is 1.76 bits per heavy atom. The van der Waals surface area contributed by atoms with Crippen molar-refractivity contribution in [3.8, 4) is 0 Å². The molecule has 3 unspecified atom stereocenters. The quantitative estimate of drug-likeness (QED) is 0.831. The van der Waals surface area contributed by atoms with Crippen LogP contribution >= 0.6 is 0 Å². The van der Waals surface area contributed by atoms with Gasteiger partial charge in [-0.3, -0.25) is 0 Å². The third kappa shape index (κ3) is 2.77. The maximum absolute atomic E-state index is 6.57. The summed E-state index contributed by atoms with van der Waals surface area (Å²) in [6.45, 7) is 7.22. The van der Waals surface area contributed by atoms with Crippen molar-refractivity contribution in [2.45, 2.75) is 76.7 Å². The summed E-state index contributed by atoms with van der Waals surface area (Å²) in [6.07, 6.45) is 7.98. The van der Waals surface area contributed by atoms with Crippen LogP contribution in [0.2, 0.25) is 0 Å². The Balaban J connectivity index is 1.90. The van der Waals surface area contributed by atoms with Crippen LogP contribution in [0.1, 0.15) is 76.3 Å². The predicted molar refractivity (Wildman–Crippen MR) is 90.5 cm³/mol. The molecule has 0 bridgehead atoms. The van der Waals surface area contributed by atoms with Gasteiger partial charge in [-0.05, 0) is 60.0 Å². The first-order valence-electron chi connectivity index (χ1n) is 8.85. The summed E-state index contributed by atoms with van der Waals surface area (Å²) in [5, 5.41) is 0. The van der Waals surface area contributed by atoms with Gasteiger partial charge in [-0.1, -0.05) is 57.9 Å². The molecule has 0 aliphatic heterocycles. The minimum atomic E-state index is 0.200. The largest absolute Gasteiger partial charge is 0.327 e. The highest BCUT2D eigenvalue weighted by molar-refractivity contribution is 5.38. The van der Waals surface area contributed by atoms with Crippen molar-refractivity contribution in [2.24, 2.45) is 17.6 Å². The number of rotatable bonds is 3. The Bertz CT molecular complexity index is 486. The van der Waals surface area contributed by atoms with Gasteiger partial charge < -0.3 is 5.73 Å². The average molecular weight is 285 g/mol. The third-order valence-electron chi connectivity index (χ3n) is 6.29. The Kier molecular flexibility index (Phi) is 4.14. The molecule has 2 saturated carbocycles. The molecule has 0 amide bonds. The fourth-order valence-electron chi connectivity index (χ4n) is 4.68. The predicted octanol–water partition coefficient (Wildman–Crippen LogP) is 5.00. The zero-order valence-corrected chi connectivity index (χ0v) is 13.9. The van der Waals surface area contributed by atoms with E-state index in [1.165, 1.54) is 38.5 Å². The van der Waals surface area contributed by atoms with Gasteiger partial charge in [0.1, 0.15) is 0 Å². The van der Waals surface area contributed by atoms with Gasteiger partial charge in [0.15, 0.2) is 0 Å². The van der Waals surface area contributed by atoms with Crippen LogP contribution in [-0.2, 0) is 5.41 Å². The van der Waals surface area contributed by atoms with Crippen LogP contribution in [0.4, 0.5) is 0 Å². The minimum absolute atomic E-state index is 0.200. The molecule has 0 radical (unpaired) electrons. The molecule has 3 atom stereocenters. The van der Waals surface area contributed by atoms with Crippen molar-refractivity contribution < 1.29 is 0 Å². The molecule has 1 aromatic carbocycles. The Morgan fingerprint density at radius 3 is 2.38 bits per heavy atom. The van der Waals surface area contributed by atoms with Crippen molar-refractivity contribution >= 4 is 0 Å². The molecule has 1 heteroatoms. The van der Waals surface area contributed by atoms with Gasteiger partial charge in [0.05, 0.1) is 0 Å². The van der Waals surface area contributed by atoms with Gasteiger partial charge in [-0.2, -0.15) is 0 Å². The van der Waals surface area contributed by atoms with Crippen molar-refractivity contribution in [3.05, 3.63) is 35.4 Å². The summed E-state index contributed by atoms with van der Waals surface area (Å²) in [4.78, 5) is 0. The van der Waals surface area contributed by atoms with Crippen molar-refractivity contribution in [2.75, 3.05) is 0 Å². The van der Waals surface area contributed by atoms with Crippen molar-refractivity contribution in [3.63, 3.8) is 0 Å². The molecular weight excluding hydrogens is 254 g/mol. The van der Waals surface area contributed by atoms with E-state index in [4.69, 9.17) is 5.73 Å². The fourth-order valence-corrected chi connectivity index (χ4v) is 4.68. The second-order valence-corrected chi connectivity index (χ2v) is 8.13. The summed E-state index contributed by atoms with van der Waals surface area (Å²) in [5.41, 5.74) is 9.95. The lowest BCUT2D eigenvalue weighted by molar-refractivity contribution is 0.169. The van der Waals surface area contributed by atoms with Crippen LogP contribution in [0.3, 0.4) is 0 Å². The maximum atomic E-state index is 6.57. The number of benzene rings is 1. The first-order chi connectivity index (χ1) is 10.00. The molecule has 2 N–H and O–H groups in total. The second kappa shape index (κ2) is 5.76. The molecular formula is C20H31N. The van der Waals surface area contributed by atoms with E-state index in [9.17, 15) is 0 Å². The summed E-state index contributed by atoms with van der Waals surface area (Å²) >= 11 is 0. The van der Waals surface area contributed by atoms with Crippen LogP contribution in [0, 0.1) is 11.8 Å². The zero-order chi connectivity index (χ0) is 15.0. The first-order valence-corrected chi connectivity index (χ1v) is 8.85. The standard InChI is InChI=1S/C20H31N/c1-14-11-12-18(19(21)13-14)20(2,3)17-10-5-4-9-16(17)15-7-6-8-15/h4-5,9-10,14-15,18-19H,6-8,11-13,21H2,1-3H3. The molecule has 116 valence electrons. The molecule has 21 heavy (non-hydrogen) atoms. The Labute approximate surface area is 130 Å². The summed E-state index contributed by atoms with van der Waals surface area (Å²) in [5.74, 6) is 2.23. The average Bonchev–Trinajstić information content (AvgIpc) is 2.36. The lowest BCUT2D eigenvalue weighted by Gasteiger charge is -2.45. The second-order valence-electron chi connectivity index (χ2n) is 8.13. The van der Waals surface area contributed by atoms with Gasteiger partial charge in [-0.15, -0.1) is 0 Å². The van der Waals surface area contributed by atoms with E-state index in [1.807, 2.05) is 0 Å². The summed E-state index contributed by atoms with van der Waals surface area (Å²) < 4.78 is 0. The lowest BCUT2D eigenvalue weighted by Crippen LogP contribution is -2.46. The SMILES string of the molecule is CC1CCC(C(C)(C)c2ccccc2C2CCC2)C(N)C1. The topological polar surface area (TPSA) is 26.0 Å². The van der Waals surface area contributed by atoms with Crippen LogP contribution in [0.25, 0.3) is 0 Å². The molecule has 0 spiro atoms. The first kappa shape index (κ1) is 15.1. The number of hydrogen-bond donors (Lipinski definition) is 1. The van der Waals surface area contributed by atoms with Gasteiger partial charge in [-0.25, -0.2) is 0 Å². The highest BCUT2D eigenvalue weighted by Crippen LogP contribution is 2.46. The summed E-state index contributed by atoms with van der Waals surface area (Å²) in [6, 6.07) is 9.54. The van der Waals surface area contributed by atoms with E-state index in [0.717, 1.165) is 11.8 Å². The number of nitrogens with two attached hydrogens (primary N) is 1. The molecule has 3 rings (SSSR count). The maximum Gasteiger partial charge on any atom is 0.00780 e. The zero-order valence-electron chi connectivity index (χ0n) is 13.9. The van der Waals surface area contributed by atoms with Gasteiger partial charge in [0.2, 0.25) is 0 Å². The smallest absolute Gasteiger partial charge is 0.00780 e. The van der Waals surface area contributed by atoms with Crippen LogP contribution in [0.15, 0.2) is 24.3 Å². The van der Waals surface area contributed by atoms with Crippen LogP contribution in [-0.4, -0.2) is 6.04 Å². The monoisotopic (exact) mass is 285 g/mol. The molecule has 0 saturated heterocycles.